The lowest BCUT2D eigenvalue weighted by molar-refractivity contribution is 0.432. The molecule has 1 unspecified atom stereocenters. The number of nitrogens with two attached hydrogens (primary N) is 1. The molecular weight excluding hydrogens is 340 g/mol. The standard InChI is InChI=1S/C16H16Cl2FN3O/c1-9(12-4-3-11(17)7-13(12)18)22-16(20)21-8-10-2-5-15(23)14(19)6-10/h2-7,9,23H,8H2,1H3,(H3,20,21,22). The van der Waals surface area contributed by atoms with Gasteiger partial charge in [0.1, 0.15) is 0 Å². The molecule has 0 fully saturated rings. The quantitative estimate of drug-likeness (QED) is 0.573. The molecule has 0 bridgehead atoms. The van der Waals surface area contributed by atoms with Crippen molar-refractivity contribution in [1.82, 2.24) is 5.32 Å². The van der Waals surface area contributed by atoms with Crippen LogP contribution in [0.15, 0.2) is 41.4 Å². The largest absolute Gasteiger partial charge is 0.505 e. The van der Waals surface area contributed by atoms with Gasteiger partial charge in [-0.1, -0.05) is 35.3 Å². The van der Waals surface area contributed by atoms with Crippen molar-refractivity contribution in [3.8, 4) is 5.75 Å². The Balaban J connectivity index is 2.02. The number of aromatic hydroxyl groups is 1. The minimum atomic E-state index is -0.689. The van der Waals surface area contributed by atoms with Gasteiger partial charge >= 0.3 is 0 Å². The summed E-state index contributed by atoms with van der Waals surface area (Å²) in [5.41, 5.74) is 7.27. The van der Waals surface area contributed by atoms with Crippen molar-refractivity contribution in [2.24, 2.45) is 10.7 Å². The first kappa shape index (κ1) is 17.4. The number of phenolic OH excluding ortho intramolecular Hbond substituents is 1. The smallest absolute Gasteiger partial charge is 0.189 e. The summed E-state index contributed by atoms with van der Waals surface area (Å²) < 4.78 is 13.2. The van der Waals surface area contributed by atoms with Crippen LogP contribution in [0, 0.1) is 5.82 Å². The number of hydrogen-bond acceptors (Lipinski definition) is 2. The van der Waals surface area contributed by atoms with Crippen molar-refractivity contribution in [3.05, 3.63) is 63.4 Å². The van der Waals surface area contributed by atoms with E-state index in [1.807, 2.05) is 13.0 Å². The average molecular weight is 356 g/mol. The Morgan fingerprint density at radius 3 is 2.70 bits per heavy atom. The van der Waals surface area contributed by atoms with E-state index in [1.165, 1.54) is 12.1 Å². The minimum Gasteiger partial charge on any atom is -0.505 e. The topological polar surface area (TPSA) is 70.6 Å². The van der Waals surface area contributed by atoms with E-state index in [-0.39, 0.29) is 18.5 Å². The van der Waals surface area contributed by atoms with Gasteiger partial charge in [0.15, 0.2) is 17.5 Å². The van der Waals surface area contributed by atoms with Crippen LogP contribution in [0.3, 0.4) is 0 Å². The van der Waals surface area contributed by atoms with E-state index < -0.39 is 11.6 Å². The fraction of sp³-hybridized carbons (Fsp3) is 0.188. The van der Waals surface area contributed by atoms with Gasteiger partial charge in [0.25, 0.3) is 0 Å². The second kappa shape index (κ2) is 7.53. The Bertz CT molecular complexity index is 737. The number of nitrogens with zero attached hydrogens (tertiary/aromatic N) is 1. The molecule has 0 saturated heterocycles. The molecular formula is C16H16Cl2FN3O. The van der Waals surface area contributed by atoms with Crippen molar-refractivity contribution >= 4 is 29.2 Å². The lowest BCUT2D eigenvalue weighted by Gasteiger charge is -2.16. The molecule has 0 amide bonds. The number of aliphatic imine (C=N–C) groups is 1. The summed E-state index contributed by atoms with van der Waals surface area (Å²) >= 11 is 12.0. The van der Waals surface area contributed by atoms with E-state index in [0.29, 0.717) is 15.6 Å². The number of rotatable bonds is 4. The maximum Gasteiger partial charge on any atom is 0.189 e. The molecule has 4 nitrogen and oxygen atoms in total. The molecule has 0 aliphatic rings. The SMILES string of the molecule is CC(NC(N)=NCc1ccc(O)c(F)c1)c1ccc(Cl)cc1Cl. The van der Waals surface area contributed by atoms with E-state index in [4.69, 9.17) is 34.0 Å². The number of nitrogens with one attached hydrogen (secondary N) is 1. The highest BCUT2D eigenvalue weighted by atomic mass is 35.5. The highest BCUT2D eigenvalue weighted by Gasteiger charge is 2.10. The van der Waals surface area contributed by atoms with E-state index >= 15 is 0 Å². The zero-order chi connectivity index (χ0) is 17.0. The third-order valence-electron chi connectivity index (χ3n) is 3.24. The van der Waals surface area contributed by atoms with Crippen molar-refractivity contribution in [1.29, 1.82) is 0 Å². The summed E-state index contributed by atoms with van der Waals surface area (Å²) in [6.45, 7) is 2.08. The van der Waals surface area contributed by atoms with Crippen LogP contribution >= 0.6 is 23.2 Å². The maximum absolute atomic E-state index is 13.2. The van der Waals surface area contributed by atoms with Crippen molar-refractivity contribution in [2.75, 3.05) is 0 Å². The normalized spacial score (nSPS) is 13.0. The second-order valence-electron chi connectivity index (χ2n) is 5.02. The van der Waals surface area contributed by atoms with Crippen LogP contribution in [-0.2, 0) is 6.54 Å². The first-order chi connectivity index (χ1) is 10.9. The molecule has 0 aliphatic carbocycles. The van der Waals surface area contributed by atoms with Gasteiger partial charge in [-0.3, -0.25) is 0 Å². The number of halogens is 3. The van der Waals surface area contributed by atoms with Crippen LogP contribution in [-0.4, -0.2) is 11.1 Å². The van der Waals surface area contributed by atoms with Gasteiger partial charge in [-0.15, -0.1) is 0 Å². The summed E-state index contributed by atoms with van der Waals surface area (Å²) in [6.07, 6.45) is 0. The first-order valence-electron chi connectivity index (χ1n) is 6.85. The molecule has 0 radical (unpaired) electrons. The molecule has 2 aromatic carbocycles. The Labute approximate surface area is 143 Å². The van der Waals surface area contributed by atoms with Gasteiger partial charge in [-0.2, -0.15) is 0 Å². The zero-order valence-corrected chi connectivity index (χ0v) is 13.9. The van der Waals surface area contributed by atoms with Crippen LogP contribution in [0.5, 0.6) is 5.75 Å². The summed E-state index contributed by atoms with van der Waals surface area (Å²) in [5, 5.41) is 13.2. The zero-order valence-electron chi connectivity index (χ0n) is 12.4. The van der Waals surface area contributed by atoms with Crippen molar-refractivity contribution < 1.29 is 9.50 Å². The van der Waals surface area contributed by atoms with Crippen LogP contribution in [0.4, 0.5) is 4.39 Å². The van der Waals surface area contributed by atoms with Gasteiger partial charge in [0, 0.05) is 10.0 Å². The highest BCUT2D eigenvalue weighted by molar-refractivity contribution is 6.35. The van der Waals surface area contributed by atoms with Gasteiger partial charge in [0.2, 0.25) is 0 Å². The fourth-order valence-corrected chi connectivity index (χ4v) is 2.60. The molecule has 1 atom stereocenters. The predicted molar refractivity (Wildman–Crippen MR) is 91.4 cm³/mol. The van der Waals surface area contributed by atoms with Crippen LogP contribution in [0.25, 0.3) is 0 Å². The summed E-state index contributed by atoms with van der Waals surface area (Å²) in [5.74, 6) is -0.877. The molecule has 0 aliphatic heterocycles. The third kappa shape index (κ3) is 4.74. The highest BCUT2D eigenvalue weighted by Crippen LogP contribution is 2.26. The number of benzene rings is 2. The van der Waals surface area contributed by atoms with Gasteiger partial charge in [0.05, 0.1) is 12.6 Å². The van der Waals surface area contributed by atoms with Gasteiger partial charge < -0.3 is 16.2 Å². The minimum absolute atomic E-state index is 0.167. The van der Waals surface area contributed by atoms with Gasteiger partial charge in [-0.25, -0.2) is 9.38 Å². The molecule has 0 spiro atoms. The van der Waals surface area contributed by atoms with Crippen LogP contribution in [0.1, 0.15) is 24.1 Å². The summed E-state index contributed by atoms with van der Waals surface area (Å²) in [4.78, 5) is 4.14. The van der Waals surface area contributed by atoms with E-state index in [0.717, 1.165) is 5.56 Å². The lowest BCUT2D eigenvalue weighted by atomic mass is 10.1. The van der Waals surface area contributed by atoms with Crippen molar-refractivity contribution in [2.45, 2.75) is 19.5 Å². The predicted octanol–water partition coefficient (Wildman–Crippen LogP) is 4.00. The van der Waals surface area contributed by atoms with Gasteiger partial charge in [-0.05, 0) is 42.3 Å². The van der Waals surface area contributed by atoms with E-state index in [2.05, 4.69) is 10.3 Å². The molecule has 122 valence electrons. The fourth-order valence-electron chi connectivity index (χ4n) is 2.02. The molecule has 23 heavy (non-hydrogen) atoms. The summed E-state index contributed by atoms with van der Waals surface area (Å²) in [7, 11) is 0. The Hall–Kier alpha value is -1.98. The first-order valence-corrected chi connectivity index (χ1v) is 7.61. The number of phenols is 1. The maximum atomic E-state index is 13.2. The number of hydrogen-bond donors (Lipinski definition) is 3. The summed E-state index contributed by atoms with van der Waals surface area (Å²) in [6, 6.07) is 9.11. The lowest BCUT2D eigenvalue weighted by Crippen LogP contribution is -2.34. The molecule has 7 heteroatoms. The number of guanidine groups is 1. The Kier molecular flexibility index (Phi) is 5.69. The molecule has 2 rings (SSSR count). The molecule has 0 aromatic heterocycles. The molecule has 0 heterocycles. The second-order valence-corrected chi connectivity index (χ2v) is 5.86. The van der Waals surface area contributed by atoms with Crippen molar-refractivity contribution in [3.63, 3.8) is 0 Å². The van der Waals surface area contributed by atoms with E-state index in [9.17, 15) is 4.39 Å². The van der Waals surface area contributed by atoms with Crippen LogP contribution in [0.2, 0.25) is 10.0 Å². The monoisotopic (exact) mass is 355 g/mol. The molecule has 4 N–H and O–H groups in total. The Morgan fingerprint density at radius 2 is 2.04 bits per heavy atom. The van der Waals surface area contributed by atoms with E-state index in [1.54, 1.807) is 18.2 Å². The molecule has 0 saturated carbocycles. The van der Waals surface area contributed by atoms with Crippen LogP contribution < -0.4 is 11.1 Å². The molecule has 2 aromatic rings. The average Bonchev–Trinajstić information content (AvgIpc) is 2.48. The third-order valence-corrected chi connectivity index (χ3v) is 3.80. The Morgan fingerprint density at radius 1 is 1.30 bits per heavy atom.